The second-order valence-corrected chi connectivity index (χ2v) is 11.7. The van der Waals surface area contributed by atoms with E-state index in [1.165, 1.54) is 6.07 Å². The fraction of sp³-hybridized carbons (Fsp3) is 0.433. The van der Waals surface area contributed by atoms with Gasteiger partial charge in [-0.25, -0.2) is 0 Å². The summed E-state index contributed by atoms with van der Waals surface area (Å²) in [5.41, 5.74) is 5.07. The molecule has 0 aliphatic carbocycles. The molecular weight excluding hydrogens is 531 g/mol. The third-order valence-electron chi connectivity index (χ3n) is 8.74. The second kappa shape index (κ2) is 9.61. The molecule has 41 heavy (non-hydrogen) atoms. The number of fused-ring (bicyclic) bond motifs is 2. The van der Waals surface area contributed by atoms with Crippen molar-refractivity contribution in [3.05, 3.63) is 88.3 Å². The van der Waals surface area contributed by atoms with E-state index in [0.717, 1.165) is 53.4 Å². The van der Waals surface area contributed by atoms with E-state index in [1.807, 2.05) is 48.0 Å². The van der Waals surface area contributed by atoms with Crippen molar-refractivity contribution in [3.63, 3.8) is 0 Å². The zero-order valence-corrected chi connectivity index (χ0v) is 23.2. The molecule has 8 nitrogen and oxygen atoms in total. The van der Waals surface area contributed by atoms with E-state index >= 15 is 0 Å². The van der Waals surface area contributed by atoms with Crippen LogP contribution in [0.15, 0.2) is 48.9 Å². The van der Waals surface area contributed by atoms with Gasteiger partial charge in [0.15, 0.2) is 0 Å². The van der Waals surface area contributed by atoms with Gasteiger partial charge in [0.05, 0.1) is 30.2 Å². The van der Waals surface area contributed by atoms with Gasteiger partial charge in [-0.2, -0.15) is 18.3 Å². The summed E-state index contributed by atoms with van der Waals surface area (Å²) in [5, 5.41) is 12.8. The Morgan fingerprint density at radius 3 is 2.66 bits per heavy atom. The first kappa shape index (κ1) is 26.1. The van der Waals surface area contributed by atoms with Gasteiger partial charge in [0.25, 0.3) is 0 Å². The number of halogens is 3. The van der Waals surface area contributed by atoms with Crippen molar-refractivity contribution in [2.24, 2.45) is 14.1 Å². The van der Waals surface area contributed by atoms with Gasteiger partial charge in [-0.3, -0.25) is 4.68 Å². The normalized spacial score (nSPS) is 17.9. The molecule has 3 aliphatic rings. The van der Waals surface area contributed by atoms with Gasteiger partial charge in [-0.05, 0) is 53.3 Å². The van der Waals surface area contributed by atoms with Crippen LogP contribution in [0.3, 0.4) is 0 Å². The molecule has 4 aromatic rings. The van der Waals surface area contributed by atoms with Crippen LogP contribution in [-0.4, -0.2) is 44.3 Å². The first-order valence-corrected chi connectivity index (χ1v) is 13.9. The van der Waals surface area contributed by atoms with Gasteiger partial charge < -0.3 is 19.1 Å². The van der Waals surface area contributed by atoms with Gasteiger partial charge in [0.2, 0.25) is 0 Å². The van der Waals surface area contributed by atoms with Crippen molar-refractivity contribution >= 4 is 11.4 Å². The standard InChI is InChI=1S/C30H32F3N7O/c1-37-19-34-35-28(37)12-29(17-41-18-29)22-5-3-6-23(11-22)40-14-21-9-20(10-25(24(21)15-40)30(31,32)33)13-39-8-4-7-26-27(39)16-38(2)36-26/h3,5-6,9-11,16,19H,4,7-8,12-15,17-18H2,1-2H3. The van der Waals surface area contributed by atoms with Crippen molar-refractivity contribution in [2.75, 3.05) is 29.6 Å². The number of ether oxygens (including phenoxy) is 1. The Morgan fingerprint density at radius 1 is 1.07 bits per heavy atom. The van der Waals surface area contributed by atoms with E-state index in [-0.39, 0.29) is 12.0 Å². The predicted octanol–water partition coefficient (Wildman–Crippen LogP) is 4.55. The Balaban J connectivity index is 1.17. The zero-order chi connectivity index (χ0) is 28.4. The van der Waals surface area contributed by atoms with Crippen LogP contribution in [-0.2, 0) is 62.9 Å². The highest BCUT2D eigenvalue weighted by Gasteiger charge is 2.42. The Bertz CT molecular complexity index is 1600. The van der Waals surface area contributed by atoms with Crippen LogP contribution in [0.25, 0.3) is 0 Å². The summed E-state index contributed by atoms with van der Waals surface area (Å²) < 4.78 is 52.5. The molecule has 2 aromatic carbocycles. The van der Waals surface area contributed by atoms with Crippen LogP contribution in [0, 0.1) is 0 Å². The Hall–Kier alpha value is -3.86. The van der Waals surface area contributed by atoms with E-state index in [9.17, 15) is 13.2 Å². The smallest absolute Gasteiger partial charge is 0.379 e. The fourth-order valence-corrected chi connectivity index (χ4v) is 6.53. The number of nitrogens with zero attached hydrogens (tertiary/aromatic N) is 7. The Kier molecular flexibility index (Phi) is 6.11. The SMILES string of the molecule is Cn1cc2c(n1)CCCN2Cc1cc2c(c(C(F)(F)F)c1)CN(c1cccc(C3(Cc4nncn4C)COC3)c1)C2. The molecule has 0 atom stereocenters. The van der Waals surface area contributed by atoms with Crippen molar-refractivity contribution in [1.29, 1.82) is 0 Å². The van der Waals surface area contributed by atoms with Crippen LogP contribution in [0.2, 0.25) is 0 Å². The number of anilines is 2. The van der Waals surface area contributed by atoms with Gasteiger partial charge in [0, 0.05) is 64.0 Å². The lowest BCUT2D eigenvalue weighted by Crippen LogP contribution is -2.49. The fourth-order valence-electron chi connectivity index (χ4n) is 6.53. The Morgan fingerprint density at radius 2 is 1.93 bits per heavy atom. The topological polar surface area (TPSA) is 64.2 Å². The first-order valence-electron chi connectivity index (χ1n) is 13.9. The lowest BCUT2D eigenvalue weighted by Gasteiger charge is -2.42. The molecule has 0 spiro atoms. The number of aromatic nitrogens is 5. The van der Waals surface area contributed by atoms with E-state index < -0.39 is 11.7 Å². The minimum atomic E-state index is -4.43. The summed E-state index contributed by atoms with van der Waals surface area (Å²) >= 11 is 0. The van der Waals surface area contributed by atoms with Gasteiger partial charge >= 0.3 is 6.18 Å². The van der Waals surface area contributed by atoms with Crippen LogP contribution >= 0.6 is 0 Å². The maximum absolute atomic E-state index is 14.4. The maximum Gasteiger partial charge on any atom is 0.416 e. The summed E-state index contributed by atoms with van der Waals surface area (Å²) in [4.78, 5) is 4.20. The van der Waals surface area contributed by atoms with Crippen LogP contribution < -0.4 is 9.80 Å². The maximum atomic E-state index is 14.4. The predicted molar refractivity (Wildman–Crippen MR) is 148 cm³/mol. The number of rotatable bonds is 6. The summed E-state index contributed by atoms with van der Waals surface area (Å²) in [5.74, 6) is 0.877. The number of alkyl halides is 3. The second-order valence-electron chi connectivity index (χ2n) is 11.7. The molecule has 5 heterocycles. The molecule has 3 aliphatic heterocycles. The molecular formula is C30H32F3N7O. The molecule has 2 aromatic heterocycles. The molecule has 0 unspecified atom stereocenters. The average Bonchev–Trinajstić information content (AvgIpc) is 3.63. The number of aryl methyl sites for hydroxylation is 3. The molecule has 1 fully saturated rings. The summed E-state index contributed by atoms with van der Waals surface area (Å²) in [6.45, 7) is 3.02. The minimum absolute atomic E-state index is 0.219. The average molecular weight is 564 g/mol. The summed E-state index contributed by atoms with van der Waals surface area (Å²) in [6, 6.07) is 11.5. The van der Waals surface area contributed by atoms with Crippen molar-refractivity contribution < 1.29 is 17.9 Å². The highest BCUT2D eigenvalue weighted by molar-refractivity contribution is 5.58. The number of hydrogen-bond acceptors (Lipinski definition) is 6. The molecule has 0 saturated carbocycles. The van der Waals surface area contributed by atoms with Crippen LogP contribution in [0.5, 0.6) is 0 Å². The molecule has 214 valence electrons. The van der Waals surface area contributed by atoms with E-state index in [1.54, 1.807) is 11.0 Å². The summed E-state index contributed by atoms with van der Waals surface area (Å²) in [6.07, 6.45) is 1.74. The quantitative estimate of drug-likeness (QED) is 0.343. The van der Waals surface area contributed by atoms with Crippen LogP contribution in [0.1, 0.15) is 45.8 Å². The molecule has 1 saturated heterocycles. The third kappa shape index (κ3) is 4.65. The number of benzene rings is 2. The Labute approximate surface area is 236 Å². The van der Waals surface area contributed by atoms with Crippen LogP contribution in [0.4, 0.5) is 24.5 Å². The largest absolute Gasteiger partial charge is 0.416 e. The minimum Gasteiger partial charge on any atom is -0.379 e. The molecule has 0 radical (unpaired) electrons. The molecule has 7 rings (SSSR count). The van der Waals surface area contributed by atoms with E-state index in [2.05, 4.69) is 32.3 Å². The van der Waals surface area contributed by atoms with Gasteiger partial charge in [0.1, 0.15) is 12.2 Å². The monoisotopic (exact) mass is 563 g/mol. The highest BCUT2D eigenvalue weighted by atomic mass is 19.4. The van der Waals surface area contributed by atoms with Crippen molar-refractivity contribution in [1.82, 2.24) is 24.5 Å². The number of hydrogen-bond donors (Lipinski definition) is 0. The van der Waals surface area contributed by atoms with Crippen molar-refractivity contribution in [3.8, 4) is 0 Å². The summed E-state index contributed by atoms with van der Waals surface area (Å²) in [7, 11) is 3.81. The van der Waals surface area contributed by atoms with Gasteiger partial charge in [-0.15, -0.1) is 10.2 Å². The van der Waals surface area contributed by atoms with E-state index in [0.29, 0.717) is 43.9 Å². The van der Waals surface area contributed by atoms with Crippen molar-refractivity contribution in [2.45, 2.75) is 50.5 Å². The lowest BCUT2D eigenvalue weighted by molar-refractivity contribution is -0.138. The molecule has 0 bridgehead atoms. The lowest BCUT2D eigenvalue weighted by atomic mass is 9.75. The molecule has 0 N–H and O–H groups in total. The molecule has 0 amide bonds. The molecule has 11 heteroatoms. The third-order valence-corrected chi connectivity index (χ3v) is 8.74. The zero-order valence-electron chi connectivity index (χ0n) is 23.2. The van der Waals surface area contributed by atoms with Gasteiger partial charge in [-0.1, -0.05) is 18.2 Å². The first-order chi connectivity index (χ1) is 19.7. The van der Waals surface area contributed by atoms with E-state index in [4.69, 9.17) is 4.74 Å². The highest BCUT2D eigenvalue weighted by Crippen LogP contribution is 2.42.